The van der Waals surface area contributed by atoms with Gasteiger partial charge in [-0.2, -0.15) is 0 Å². The van der Waals surface area contributed by atoms with Crippen LogP contribution >= 0.6 is 0 Å². The Morgan fingerprint density at radius 2 is 2.08 bits per heavy atom. The fourth-order valence-corrected chi connectivity index (χ4v) is 2.94. The largest absolute Gasteiger partial charge is 0.491 e. The lowest BCUT2D eigenvalue weighted by atomic mass is 9.94. The van der Waals surface area contributed by atoms with Crippen LogP contribution in [0.25, 0.3) is 6.08 Å². The number of aliphatic imine (C=N–C) groups is 1. The topological polar surface area (TPSA) is 34.5 Å². The van der Waals surface area contributed by atoms with Crippen molar-refractivity contribution >= 4 is 11.8 Å². The standard InChI is InChI=1S/C21H24N2O/c1-15(2)24-20-9-8-17(16(3)12-20)13-18-6-5-11-23-21(18)19-7-4-10-22-14-19/h4,7-10,12-15H,5-6,11H2,1-3H3/b18-13+. The number of pyridine rings is 1. The maximum absolute atomic E-state index is 5.78. The van der Waals surface area contributed by atoms with Gasteiger partial charge < -0.3 is 4.74 Å². The summed E-state index contributed by atoms with van der Waals surface area (Å²) in [7, 11) is 0. The molecule has 2 aromatic rings. The molecule has 3 heteroatoms. The molecule has 2 heterocycles. The molecule has 1 aliphatic rings. The monoisotopic (exact) mass is 320 g/mol. The Morgan fingerprint density at radius 3 is 2.79 bits per heavy atom. The minimum atomic E-state index is 0.191. The van der Waals surface area contributed by atoms with Gasteiger partial charge in [0.2, 0.25) is 0 Å². The van der Waals surface area contributed by atoms with E-state index in [1.165, 1.54) is 16.7 Å². The summed E-state index contributed by atoms with van der Waals surface area (Å²) in [6.07, 6.45) is 8.30. The van der Waals surface area contributed by atoms with Gasteiger partial charge in [0, 0.05) is 24.5 Å². The maximum atomic E-state index is 5.78. The van der Waals surface area contributed by atoms with Gasteiger partial charge in [0.1, 0.15) is 5.75 Å². The molecule has 3 nitrogen and oxygen atoms in total. The first-order valence-corrected chi connectivity index (χ1v) is 8.56. The minimum absolute atomic E-state index is 0.191. The van der Waals surface area contributed by atoms with Crippen LogP contribution in [0.4, 0.5) is 0 Å². The molecule has 1 aromatic heterocycles. The van der Waals surface area contributed by atoms with Gasteiger partial charge in [-0.05, 0) is 80.7 Å². The van der Waals surface area contributed by atoms with E-state index in [1.54, 1.807) is 6.20 Å². The van der Waals surface area contributed by atoms with Crippen LogP contribution in [0.2, 0.25) is 0 Å². The van der Waals surface area contributed by atoms with Crippen molar-refractivity contribution in [3.05, 3.63) is 65.0 Å². The Kier molecular flexibility index (Phi) is 5.09. The second kappa shape index (κ2) is 7.43. The summed E-state index contributed by atoms with van der Waals surface area (Å²) in [5.41, 5.74) is 5.91. The molecule has 0 aliphatic carbocycles. The van der Waals surface area contributed by atoms with Crippen molar-refractivity contribution in [1.29, 1.82) is 0 Å². The number of hydrogen-bond acceptors (Lipinski definition) is 3. The number of aryl methyl sites for hydroxylation is 1. The van der Waals surface area contributed by atoms with Gasteiger partial charge in [0.25, 0.3) is 0 Å². The van der Waals surface area contributed by atoms with Gasteiger partial charge in [-0.1, -0.05) is 6.07 Å². The SMILES string of the molecule is Cc1cc(OC(C)C)ccc1/C=C1\CCCN=C1c1cccnc1. The van der Waals surface area contributed by atoms with Crippen LogP contribution in [0.5, 0.6) is 5.75 Å². The zero-order chi connectivity index (χ0) is 16.9. The molecule has 1 aliphatic heterocycles. The van der Waals surface area contributed by atoms with Crippen molar-refractivity contribution in [3.63, 3.8) is 0 Å². The van der Waals surface area contributed by atoms with Gasteiger partial charge >= 0.3 is 0 Å². The number of nitrogens with zero attached hydrogens (tertiary/aromatic N) is 2. The Bertz CT molecular complexity index is 761. The van der Waals surface area contributed by atoms with Gasteiger partial charge in [-0.15, -0.1) is 0 Å². The molecule has 24 heavy (non-hydrogen) atoms. The molecule has 0 spiro atoms. The van der Waals surface area contributed by atoms with Crippen molar-refractivity contribution in [3.8, 4) is 5.75 Å². The summed E-state index contributed by atoms with van der Waals surface area (Å²) in [4.78, 5) is 8.98. The summed E-state index contributed by atoms with van der Waals surface area (Å²) < 4.78 is 5.78. The van der Waals surface area contributed by atoms with E-state index in [9.17, 15) is 0 Å². The van der Waals surface area contributed by atoms with E-state index in [1.807, 2.05) is 32.2 Å². The highest BCUT2D eigenvalue weighted by Crippen LogP contribution is 2.25. The van der Waals surface area contributed by atoms with Crippen molar-refractivity contribution in [2.75, 3.05) is 6.54 Å². The summed E-state index contributed by atoms with van der Waals surface area (Å²) in [6, 6.07) is 10.3. The van der Waals surface area contributed by atoms with Gasteiger partial charge in [0.15, 0.2) is 0 Å². The fraction of sp³-hybridized carbons (Fsp3) is 0.333. The van der Waals surface area contributed by atoms with Crippen molar-refractivity contribution in [1.82, 2.24) is 4.98 Å². The Hall–Kier alpha value is -2.42. The highest BCUT2D eigenvalue weighted by atomic mass is 16.5. The van der Waals surface area contributed by atoms with E-state index in [2.05, 4.69) is 36.2 Å². The van der Waals surface area contributed by atoms with E-state index in [-0.39, 0.29) is 6.10 Å². The molecule has 0 amide bonds. The molecular weight excluding hydrogens is 296 g/mol. The number of allylic oxidation sites excluding steroid dienone is 1. The number of benzene rings is 1. The second-order valence-corrected chi connectivity index (χ2v) is 6.43. The zero-order valence-electron chi connectivity index (χ0n) is 14.6. The normalized spacial score (nSPS) is 16.3. The number of hydrogen-bond donors (Lipinski definition) is 0. The molecule has 0 saturated heterocycles. The molecule has 0 N–H and O–H groups in total. The average Bonchev–Trinajstić information content (AvgIpc) is 2.58. The Morgan fingerprint density at radius 1 is 1.21 bits per heavy atom. The van der Waals surface area contributed by atoms with Crippen molar-refractivity contribution in [2.45, 2.75) is 39.7 Å². The van der Waals surface area contributed by atoms with E-state index in [0.29, 0.717) is 0 Å². The number of aromatic nitrogens is 1. The molecule has 0 bridgehead atoms. The Balaban J connectivity index is 1.92. The van der Waals surface area contributed by atoms with Crippen molar-refractivity contribution < 1.29 is 4.74 Å². The van der Waals surface area contributed by atoms with Crippen LogP contribution < -0.4 is 4.74 Å². The van der Waals surface area contributed by atoms with E-state index in [0.717, 1.165) is 36.4 Å². The first-order chi connectivity index (χ1) is 11.6. The quantitative estimate of drug-likeness (QED) is 0.807. The molecule has 0 unspecified atom stereocenters. The summed E-state index contributed by atoms with van der Waals surface area (Å²) in [5.74, 6) is 0.925. The minimum Gasteiger partial charge on any atom is -0.491 e. The molecule has 1 aromatic carbocycles. The van der Waals surface area contributed by atoms with Gasteiger partial charge in [-0.25, -0.2) is 0 Å². The van der Waals surface area contributed by atoms with Crippen LogP contribution in [-0.2, 0) is 0 Å². The molecule has 124 valence electrons. The molecule has 0 saturated carbocycles. The van der Waals surface area contributed by atoms with Crippen molar-refractivity contribution in [2.24, 2.45) is 4.99 Å². The smallest absolute Gasteiger partial charge is 0.119 e. The highest BCUT2D eigenvalue weighted by molar-refractivity contribution is 6.15. The first kappa shape index (κ1) is 16.4. The third-order valence-electron chi connectivity index (χ3n) is 4.06. The number of rotatable bonds is 4. The van der Waals surface area contributed by atoms with E-state index >= 15 is 0 Å². The Labute approximate surface area is 144 Å². The van der Waals surface area contributed by atoms with Crippen LogP contribution in [0, 0.1) is 6.92 Å². The van der Waals surface area contributed by atoms with Crippen LogP contribution in [0.15, 0.2) is 53.3 Å². The highest BCUT2D eigenvalue weighted by Gasteiger charge is 2.14. The van der Waals surface area contributed by atoms with E-state index in [4.69, 9.17) is 9.73 Å². The van der Waals surface area contributed by atoms with Crippen LogP contribution in [0.3, 0.4) is 0 Å². The van der Waals surface area contributed by atoms with Gasteiger partial charge in [-0.3, -0.25) is 9.98 Å². The molecular formula is C21H24N2O. The molecule has 3 rings (SSSR count). The second-order valence-electron chi connectivity index (χ2n) is 6.43. The molecule has 0 atom stereocenters. The third-order valence-corrected chi connectivity index (χ3v) is 4.06. The predicted octanol–water partition coefficient (Wildman–Crippen LogP) is 4.84. The summed E-state index contributed by atoms with van der Waals surface area (Å²) in [5, 5.41) is 0. The lowest BCUT2D eigenvalue weighted by Crippen LogP contribution is -2.12. The summed E-state index contributed by atoms with van der Waals surface area (Å²) in [6.45, 7) is 7.11. The van der Waals surface area contributed by atoms with Gasteiger partial charge in [0.05, 0.1) is 11.8 Å². The third kappa shape index (κ3) is 3.91. The maximum Gasteiger partial charge on any atom is 0.119 e. The molecule has 0 radical (unpaired) electrons. The molecule has 0 fully saturated rings. The lowest BCUT2D eigenvalue weighted by molar-refractivity contribution is 0.242. The first-order valence-electron chi connectivity index (χ1n) is 8.56. The summed E-state index contributed by atoms with van der Waals surface area (Å²) >= 11 is 0. The van der Waals surface area contributed by atoms with Crippen LogP contribution in [0.1, 0.15) is 43.4 Å². The zero-order valence-corrected chi connectivity index (χ0v) is 14.6. The average molecular weight is 320 g/mol. The predicted molar refractivity (Wildman–Crippen MR) is 99.8 cm³/mol. The lowest BCUT2D eigenvalue weighted by Gasteiger charge is -2.17. The number of ether oxygens (including phenoxy) is 1. The fourth-order valence-electron chi connectivity index (χ4n) is 2.94. The van der Waals surface area contributed by atoms with E-state index < -0.39 is 0 Å². The van der Waals surface area contributed by atoms with Crippen LogP contribution in [-0.4, -0.2) is 23.3 Å².